The molecular formula is C24H32O3. The molecule has 0 heterocycles. The maximum absolute atomic E-state index is 12.5. The number of rotatable bonds is 10. The second-order valence-electron chi connectivity index (χ2n) is 7.46. The minimum atomic E-state index is -0.162. The number of aryl methyl sites for hydroxylation is 1. The summed E-state index contributed by atoms with van der Waals surface area (Å²) in [6.45, 7) is 9.16. The number of ether oxygens (including phenoxy) is 2. The van der Waals surface area contributed by atoms with Crippen LogP contribution in [0.1, 0.15) is 56.4 Å². The van der Waals surface area contributed by atoms with E-state index in [0.717, 1.165) is 17.5 Å². The van der Waals surface area contributed by atoms with Crippen molar-refractivity contribution in [2.45, 2.75) is 53.2 Å². The zero-order chi connectivity index (χ0) is 19.6. The summed E-state index contributed by atoms with van der Waals surface area (Å²) >= 11 is 0. The van der Waals surface area contributed by atoms with Crippen molar-refractivity contribution >= 4 is 5.97 Å². The molecule has 0 amide bonds. The summed E-state index contributed by atoms with van der Waals surface area (Å²) in [4.78, 5) is 12.5. The van der Waals surface area contributed by atoms with Gasteiger partial charge >= 0.3 is 5.97 Å². The summed E-state index contributed by atoms with van der Waals surface area (Å²) in [5.41, 5.74) is 3.46. The summed E-state index contributed by atoms with van der Waals surface area (Å²) in [5, 5.41) is 0. The first-order valence-electron chi connectivity index (χ1n) is 9.89. The lowest BCUT2D eigenvalue weighted by Crippen LogP contribution is -2.23. The third-order valence-electron chi connectivity index (χ3n) is 4.70. The zero-order valence-electron chi connectivity index (χ0n) is 17.0. The fourth-order valence-electron chi connectivity index (χ4n) is 3.38. The Labute approximate surface area is 163 Å². The summed E-state index contributed by atoms with van der Waals surface area (Å²) in [6.07, 6.45) is 1.30. The van der Waals surface area contributed by atoms with Gasteiger partial charge in [0.15, 0.2) is 0 Å². The van der Waals surface area contributed by atoms with Crippen LogP contribution in [0.25, 0.3) is 0 Å². The molecule has 0 unspecified atom stereocenters. The molecule has 0 N–H and O–H groups in total. The summed E-state index contributed by atoms with van der Waals surface area (Å²) in [7, 11) is 0. The van der Waals surface area contributed by atoms with Gasteiger partial charge in [-0.1, -0.05) is 68.4 Å². The van der Waals surface area contributed by atoms with Crippen LogP contribution >= 0.6 is 0 Å². The number of carbonyl (C=O) groups excluding carboxylic acids is 1. The average molecular weight is 369 g/mol. The van der Waals surface area contributed by atoms with Gasteiger partial charge in [0.25, 0.3) is 0 Å². The Kier molecular flexibility index (Phi) is 8.53. The molecule has 2 atom stereocenters. The van der Waals surface area contributed by atoms with Crippen LogP contribution < -0.4 is 0 Å². The van der Waals surface area contributed by atoms with E-state index in [4.69, 9.17) is 9.47 Å². The SMILES string of the molecule is CCOC(=O)[C@H](CC(C)C)C[C@H](OCc1ccccc1)c1ccccc1C. The van der Waals surface area contributed by atoms with Crippen LogP contribution in [-0.4, -0.2) is 12.6 Å². The van der Waals surface area contributed by atoms with E-state index >= 15 is 0 Å². The molecule has 0 spiro atoms. The third-order valence-corrected chi connectivity index (χ3v) is 4.70. The molecule has 0 aliphatic rings. The van der Waals surface area contributed by atoms with Crippen molar-refractivity contribution in [3.8, 4) is 0 Å². The predicted octanol–water partition coefficient (Wildman–Crippen LogP) is 5.87. The molecule has 0 radical (unpaired) electrons. The highest BCUT2D eigenvalue weighted by molar-refractivity contribution is 5.72. The number of hydrogen-bond acceptors (Lipinski definition) is 3. The number of hydrogen-bond donors (Lipinski definition) is 0. The molecular weight excluding hydrogens is 336 g/mol. The Hall–Kier alpha value is -2.13. The predicted molar refractivity (Wildman–Crippen MR) is 109 cm³/mol. The lowest BCUT2D eigenvalue weighted by Gasteiger charge is -2.25. The molecule has 146 valence electrons. The van der Waals surface area contributed by atoms with Gasteiger partial charge in [0.2, 0.25) is 0 Å². The van der Waals surface area contributed by atoms with Gasteiger partial charge in [0, 0.05) is 0 Å². The highest BCUT2D eigenvalue weighted by Crippen LogP contribution is 2.32. The maximum Gasteiger partial charge on any atom is 0.309 e. The van der Waals surface area contributed by atoms with Crippen molar-refractivity contribution in [1.82, 2.24) is 0 Å². The molecule has 2 aromatic rings. The van der Waals surface area contributed by atoms with Crippen LogP contribution in [0.3, 0.4) is 0 Å². The summed E-state index contributed by atoms with van der Waals surface area (Å²) in [6, 6.07) is 18.4. The van der Waals surface area contributed by atoms with E-state index in [1.807, 2.05) is 37.3 Å². The highest BCUT2D eigenvalue weighted by atomic mass is 16.5. The van der Waals surface area contributed by atoms with Crippen molar-refractivity contribution in [3.05, 3.63) is 71.3 Å². The van der Waals surface area contributed by atoms with Crippen LogP contribution in [-0.2, 0) is 20.9 Å². The van der Waals surface area contributed by atoms with E-state index in [1.54, 1.807) is 0 Å². The Morgan fingerprint density at radius 2 is 1.63 bits per heavy atom. The summed E-state index contributed by atoms with van der Waals surface area (Å²) in [5.74, 6) is 0.143. The van der Waals surface area contributed by atoms with E-state index in [2.05, 4.69) is 45.0 Å². The number of esters is 1. The lowest BCUT2D eigenvalue weighted by atomic mass is 9.88. The van der Waals surface area contributed by atoms with Gasteiger partial charge in [0.1, 0.15) is 0 Å². The monoisotopic (exact) mass is 368 g/mol. The Balaban J connectivity index is 2.21. The fraction of sp³-hybridized carbons (Fsp3) is 0.458. The van der Waals surface area contributed by atoms with Gasteiger partial charge in [-0.2, -0.15) is 0 Å². The van der Waals surface area contributed by atoms with Gasteiger partial charge in [0.05, 0.1) is 25.2 Å². The first-order chi connectivity index (χ1) is 13.0. The van der Waals surface area contributed by atoms with Crippen molar-refractivity contribution in [2.24, 2.45) is 11.8 Å². The molecule has 2 aromatic carbocycles. The van der Waals surface area contributed by atoms with Crippen LogP contribution in [0.2, 0.25) is 0 Å². The second-order valence-corrected chi connectivity index (χ2v) is 7.46. The smallest absolute Gasteiger partial charge is 0.309 e. The fourth-order valence-corrected chi connectivity index (χ4v) is 3.38. The Morgan fingerprint density at radius 3 is 2.26 bits per heavy atom. The molecule has 0 bridgehead atoms. The van der Waals surface area contributed by atoms with Crippen molar-refractivity contribution < 1.29 is 14.3 Å². The molecule has 0 saturated heterocycles. The minimum Gasteiger partial charge on any atom is -0.466 e. The standard InChI is InChI=1S/C24H32O3/c1-5-26-24(25)21(15-18(2)3)16-23(22-14-10-9-11-19(22)4)27-17-20-12-7-6-8-13-20/h6-14,18,21,23H,5,15-17H2,1-4H3/t21-,23+/m1/s1. The largest absolute Gasteiger partial charge is 0.466 e. The second kappa shape index (κ2) is 10.9. The van der Waals surface area contributed by atoms with Crippen LogP contribution in [0.15, 0.2) is 54.6 Å². The van der Waals surface area contributed by atoms with Crippen molar-refractivity contribution in [3.63, 3.8) is 0 Å². The summed E-state index contributed by atoms with van der Waals surface area (Å²) < 4.78 is 11.7. The van der Waals surface area contributed by atoms with Gasteiger partial charge in [-0.15, -0.1) is 0 Å². The highest BCUT2D eigenvalue weighted by Gasteiger charge is 2.27. The Bertz CT molecular complexity index is 694. The van der Waals surface area contributed by atoms with Gasteiger partial charge in [-0.25, -0.2) is 0 Å². The normalized spacial score (nSPS) is 13.4. The zero-order valence-corrected chi connectivity index (χ0v) is 17.0. The Morgan fingerprint density at radius 1 is 0.963 bits per heavy atom. The first-order valence-corrected chi connectivity index (χ1v) is 9.89. The maximum atomic E-state index is 12.5. The number of benzene rings is 2. The average Bonchev–Trinajstić information content (AvgIpc) is 2.65. The molecule has 0 aliphatic carbocycles. The molecule has 2 rings (SSSR count). The molecule has 27 heavy (non-hydrogen) atoms. The van der Waals surface area contributed by atoms with E-state index in [9.17, 15) is 4.79 Å². The van der Waals surface area contributed by atoms with Crippen molar-refractivity contribution in [1.29, 1.82) is 0 Å². The topological polar surface area (TPSA) is 35.5 Å². The quantitative estimate of drug-likeness (QED) is 0.492. The van der Waals surface area contributed by atoms with E-state index < -0.39 is 0 Å². The molecule has 3 heteroatoms. The first kappa shape index (κ1) is 21.2. The molecule has 0 aliphatic heterocycles. The van der Waals surface area contributed by atoms with Crippen LogP contribution in [0.4, 0.5) is 0 Å². The van der Waals surface area contributed by atoms with Gasteiger partial charge < -0.3 is 9.47 Å². The van der Waals surface area contributed by atoms with Crippen LogP contribution in [0.5, 0.6) is 0 Å². The van der Waals surface area contributed by atoms with Gasteiger partial charge in [-0.3, -0.25) is 4.79 Å². The van der Waals surface area contributed by atoms with Crippen molar-refractivity contribution in [2.75, 3.05) is 6.61 Å². The lowest BCUT2D eigenvalue weighted by molar-refractivity contribution is -0.150. The third kappa shape index (κ3) is 6.84. The molecule has 0 saturated carbocycles. The molecule has 0 aromatic heterocycles. The van der Waals surface area contributed by atoms with Gasteiger partial charge in [-0.05, 0) is 49.3 Å². The molecule has 0 fully saturated rings. The van der Waals surface area contributed by atoms with E-state index in [0.29, 0.717) is 25.6 Å². The number of carbonyl (C=O) groups is 1. The van der Waals surface area contributed by atoms with E-state index in [1.165, 1.54) is 5.56 Å². The molecule has 3 nitrogen and oxygen atoms in total. The minimum absolute atomic E-state index is 0.118. The van der Waals surface area contributed by atoms with Crippen LogP contribution in [0, 0.1) is 18.8 Å². The van der Waals surface area contributed by atoms with E-state index in [-0.39, 0.29) is 18.0 Å².